The first kappa shape index (κ1) is 18.0. The number of halogens is 3. The fraction of sp³-hybridized carbons (Fsp3) is 0.353. The molecule has 3 rings (SSSR count). The van der Waals surface area contributed by atoms with Crippen LogP contribution in [0.4, 0.5) is 19.0 Å². The van der Waals surface area contributed by atoms with E-state index in [-0.39, 0.29) is 11.8 Å². The van der Waals surface area contributed by atoms with Crippen LogP contribution in [0, 0.1) is 13.8 Å². The molecule has 1 aromatic carbocycles. The molecule has 0 fully saturated rings. The Morgan fingerprint density at radius 3 is 2.54 bits per heavy atom. The van der Waals surface area contributed by atoms with Gasteiger partial charge in [-0.05, 0) is 26.8 Å². The number of ether oxygens (including phenoxy) is 1. The van der Waals surface area contributed by atoms with Gasteiger partial charge in [0.2, 0.25) is 0 Å². The predicted molar refractivity (Wildman–Crippen MR) is 90.3 cm³/mol. The summed E-state index contributed by atoms with van der Waals surface area (Å²) in [4.78, 5) is 7.51. The predicted octanol–water partition coefficient (Wildman–Crippen LogP) is 3.94. The van der Waals surface area contributed by atoms with Crippen LogP contribution in [0.15, 0.2) is 24.3 Å². The molecule has 1 N–H and O–H groups in total. The molecule has 9 heteroatoms. The molecule has 26 heavy (non-hydrogen) atoms. The number of nitrogens with zero attached hydrogens (tertiary/aromatic N) is 4. The lowest BCUT2D eigenvalue weighted by Crippen LogP contribution is -2.13. The number of fused-ring (bicyclic) bond motifs is 1. The van der Waals surface area contributed by atoms with E-state index < -0.39 is 12.0 Å². The van der Waals surface area contributed by atoms with Gasteiger partial charge in [-0.15, -0.1) is 5.10 Å². The van der Waals surface area contributed by atoms with Crippen molar-refractivity contribution in [1.29, 1.82) is 0 Å². The molecule has 138 valence electrons. The second-order valence-corrected chi connectivity index (χ2v) is 6.04. The van der Waals surface area contributed by atoms with Crippen molar-refractivity contribution < 1.29 is 17.9 Å². The largest absolute Gasteiger partial charge is 0.496 e. The van der Waals surface area contributed by atoms with E-state index in [1.54, 1.807) is 20.1 Å². The third-order valence-corrected chi connectivity index (χ3v) is 3.91. The van der Waals surface area contributed by atoms with Gasteiger partial charge in [0.1, 0.15) is 11.6 Å². The van der Waals surface area contributed by atoms with Crippen molar-refractivity contribution in [3.05, 3.63) is 46.9 Å². The van der Waals surface area contributed by atoms with Crippen LogP contribution in [0.5, 0.6) is 5.75 Å². The zero-order valence-electron chi connectivity index (χ0n) is 14.7. The molecule has 0 spiro atoms. The van der Waals surface area contributed by atoms with Gasteiger partial charge < -0.3 is 10.1 Å². The van der Waals surface area contributed by atoms with Crippen LogP contribution in [0.1, 0.15) is 35.6 Å². The number of nitrogens with one attached hydrogen (secondary N) is 1. The highest BCUT2D eigenvalue weighted by Gasteiger charge is 2.37. The fourth-order valence-corrected chi connectivity index (χ4v) is 2.70. The van der Waals surface area contributed by atoms with E-state index in [1.165, 1.54) is 0 Å². The van der Waals surface area contributed by atoms with Crippen molar-refractivity contribution in [2.75, 3.05) is 12.4 Å². The maximum atomic E-state index is 12.9. The lowest BCUT2D eigenvalue weighted by atomic mass is 10.0. The molecule has 0 bridgehead atoms. The number of methoxy groups -OCH3 is 1. The summed E-state index contributed by atoms with van der Waals surface area (Å²) in [5.74, 6) is -0.276. The molecular formula is C17H18F3N5O. The van der Waals surface area contributed by atoms with Crippen molar-refractivity contribution in [3.63, 3.8) is 0 Å². The van der Waals surface area contributed by atoms with Crippen molar-refractivity contribution in [3.8, 4) is 5.75 Å². The number of aromatic nitrogens is 4. The van der Waals surface area contributed by atoms with Crippen LogP contribution in [0.3, 0.4) is 0 Å². The highest BCUT2D eigenvalue weighted by atomic mass is 19.4. The van der Waals surface area contributed by atoms with E-state index in [0.29, 0.717) is 17.3 Å². The maximum Gasteiger partial charge on any atom is 0.453 e. The van der Waals surface area contributed by atoms with E-state index in [0.717, 1.165) is 15.6 Å². The van der Waals surface area contributed by atoms with Gasteiger partial charge in [0.25, 0.3) is 11.6 Å². The van der Waals surface area contributed by atoms with Crippen molar-refractivity contribution in [1.82, 2.24) is 19.6 Å². The summed E-state index contributed by atoms with van der Waals surface area (Å²) in [7, 11) is 1.57. The Hall–Kier alpha value is -2.84. The smallest absolute Gasteiger partial charge is 0.453 e. The molecule has 0 aliphatic rings. The summed E-state index contributed by atoms with van der Waals surface area (Å²) < 4.78 is 45.2. The minimum atomic E-state index is -4.63. The van der Waals surface area contributed by atoms with E-state index >= 15 is 0 Å². The zero-order valence-corrected chi connectivity index (χ0v) is 14.7. The number of hydrogen-bond acceptors (Lipinski definition) is 5. The van der Waals surface area contributed by atoms with Crippen LogP contribution < -0.4 is 10.1 Å². The van der Waals surface area contributed by atoms with Gasteiger partial charge in [-0.3, -0.25) is 0 Å². The topological polar surface area (TPSA) is 64.3 Å². The normalized spacial score (nSPS) is 13.0. The van der Waals surface area contributed by atoms with Gasteiger partial charge in [-0.1, -0.05) is 17.7 Å². The second-order valence-electron chi connectivity index (χ2n) is 6.04. The van der Waals surface area contributed by atoms with Crippen molar-refractivity contribution in [2.45, 2.75) is 33.0 Å². The highest BCUT2D eigenvalue weighted by Crippen LogP contribution is 2.30. The molecule has 0 amide bonds. The number of rotatable bonds is 4. The molecule has 0 aliphatic carbocycles. The number of anilines is 1. The van der Waals surface area contributed by atoms with Crippen LogP contribution >= 0.6 is 0 Å². The lowest BCUT2D eigenvalue weighted by molar-refractivity contribution is -0.144. The number of benzene rings is 1. The van der Waals surface area contributed by atoms with Gasteiger partial charge in [0.05, 0.1) is 13.2 Å². The summed E-state index contributed by atoms with van der Waals surface area (Å²) >= 11 is 0. The third kappa shape index (κ3) is 3.42. The SMILES string of the molecule is COc1ccc(C)cc1[C@H](C)Nc1cc(C)nc2nc(C(F)(F)F)nn12. The molecule has 2 heterocycles. The molecule has 0 unspecified atom stereocenters. The minimum absolute atomic E-state index is 0.108. The lowest BCUT2D eigenvalue weighted by Gasteiger charge is -2.19. The van der Waals surface area contributed by atoms with Crippen LogP contribution in [0.25, 0.3) is 5.78 Å². The Bertz CT molecular complexity index is 951. The van der Waals surface area contributed by atoms with E-state index in [4.69, 9.17) is 4.74 Å². The average Bonchev–Trinajstić information content (AvgIpc) is 2.99. The van der Waals surface area contributed by atoms with Crippen molar-refractivity contribution >= 4 is 11.6 Å². The average molecular weight is 365 g/mol. The monoisotopic (exact) mass is 365 g/mol. The molecular weight excluding hydrogens is 347 g/mol. The molecule has 0 radical (unpaired) electrons. The first-order chi connectivity index (χ1) is 12.2. The summed E-state index contributed by atoms with van der Waals surface area (Å²) in [5, 5.41) is 6.74. The Morgan fingerprint density at radius 1 is 1.15 bits per heavy atom. The summed E-state index contributed by atoms with van der Waals surface area (Å²) in [6.45, 7) is 5.53. The highest BCUT2D eigenvalue weighted by molar-refractivity contribution is 5.49. The zero-order chi connectivity index (χ0) is 19.1. The first-order valence-electron chi connectivity index (χ1n) is 7.91. The summed E-state index contributed by atoms with van der Waals surface area (Å²) in [6.07, 6.45) is -4.63. The fourth-order valence-electron chi connectivity index (χ4n) is 2.70. The number of alkyl halides is 3. The van der Waals surface area contributed by atoms with Crippen molar-refractivity contribution in [2.24, 2.45) is 0 Å². The Labute approximate surface area is 148 Å². The van der Waals surface area contributed by atoms with Gasteiger partial charge in [-0.2, -0.15) is 22.7 Å². The number of aryl methyl sites for hydroxylation is 2. The van der Waals surface area contributed by atoms with Gasteiger partial charge >= 0.3 is 6.18 Å². The van der Waals surface area contributed by atoms with E-state index in [2.05, 4.69) is 20.4 Å². The Kier molecular flexibility index (Phi) is 4.47. The Morgan fingerprint density at radius 2 is 1.88 bits per heavy atom. The molecule has 2 aromatic heterocycles. The summed E-state index contributed by atoms with van der Waals surface area (Å²) in [5.41, 5.74) is 2.46. The molecule has 6 nitrogen and oxygen atoms in total. The molecule has 0 saturated heterocycles. The number of hydrogen-bond donors (Lipinski definition) is 1. The third-order valence-electron chi connectivity index (χ3n) is 3.91. The maximum absolute atomic E-state index is 12.9. The van der Waals surface area contributed by atoms with Gasteiger partial charge in [-0.25, -0.2) is 4.98 Å². The minimum Gasteiger partial charge on any atom is -0.496 e. The molecule has 0 saturated carbocycles. The second kappa shape index (κ2) is 6.47. The first-order valence-corrected chi connectivity index (χ1v) is 7.91. The van der Waals surface area contributed by atoms with E-state index in [1.807, 2.05) is 32.0 Å². The van der Waals surface area contributed by atoms with Gasteiger partial charge in [0.15, 0.2) is 0 Å². The summed E-state index contributed by atoms with van der Waals surface area (Å²) in [6, 6.07) is 7.13. The standard InChI is InChI=1S/C17H18F3N5O/c1-9-5-6-13(26-4)12(7-9)11(3)22-14-8-10(2)21-16-23-15(17(18,19)20)24-25(14)16/h5-8,11,22H,1-4H3/t11-/m0/s1. The molecule has 3 aromatic rings. The molecule has 0 aliphatic heterocycles. The van der Waals surface area contributed by atoms with Crippen LogP contribution in [-0.4, -0.2) is 26.7 Å². The van der Waals surface area contributed by atoms with Crippen LogP contribution in [0.2, 0.25) is 0 Å². The quantitative estimate of drug-likeness (QED) is 0.759. The van der Waals surface area contributed by atoms with Gasteiger partial charge in [0, 0.05) is 17.3 Å². The van der Waals surface area contributed by atoms with Crippen LogP contribution in [-0.2, 0) is 6.18 Å². The Balaban J connectivity index is 2.03. The van der Waals surface area contributed by atoms with E-state index in [9.17, 15) is 13.2 Å². The molecule has 1 atom stereocenters.